The standard InChI is InChI=1S/C15H14O3S/c1-18-12-6-8-13(9-7-12)19-14-5-3-2-4-11(14)10-15(16)17/h2-9H,10H2,1H3,(H,16,17). The molecule has 0 amide bonds. The number of benzene rings is 2. The second-order valence-corrected chi connectivity index (χ2v) is 5.07. The van der Waals surface area contributed by atoms with Gasteiger partial charge in [-0.25, -0.2) is 0 Å². The smallest absolute Gasteiger partial charge is 0.307 e. The Balaban J connectivity index is 2.19. The summed E-state index contributed by atoms with van der Waals surface area (Å²) in [5.74, 6) is -0.00838. The first-order chi connectivity index (χ1) is 9.19. The van der Waals surface area contributed by atoms with Crippen molar-refractivity contribution >= 4 is 17.7 Å². The molecule has 2 aromatic carbocycles. The Morgan fingerprint density at radius 2 is 1.84 bits per heavy atom. The van der Waals surface area contributed by atoms with Gasteiger partial charge in [-0.15, -0.1) is 0 Å². The third-order valence-corrected chi connectivity index (χ3v) is 3.73. The zero-order valence-electron chi connectivity index (χ0n) is 10.5. The molecule has 0 atom stereocenters. The molecule has 0 saturated carbocycles. The van der Waals surface area contributed by atoms with Crippen LogP contribution < -0.4 is 4.74 Å². The van der Waals surface area contributed by atoms with E-state index in [2.05, 4.69) is 0 Å². The van der Waals surface area contributed by atoms with Gasteiger partial charge >= 0.3 is 5.97 Å². The van der Waals surface area contributed by atoms with Gasteiger partial charge in [-0.3, -0.25) is 4.79 Å². The minimum atomic E-state index is -0.817. The van der Waals surface area contributed by atoms with Crippen LogP contribution in [0.25, 0.3) is 0 Å². The molecular weight excluding hydrogens is 260 g/mol. The lowest BCUT2D eigenvalue weighted by molar-refractivity contribution is -0.136. The SMILES string of the molecule is COc1ccc(Sc2ccccc2CC(=O)O)cc1. The van der Waals surface area contributed by atoms with Crippen LogP contribution in [0, 0.1) is 0 Å². The predicted octanol–water partition coefficient (Wildman–Crippen LogP) is 3.47. The van der Waals surface area contributed by atoms with Crippen LogP contribution in [0.2, 0.25) is 0 Å². The van der Waals surface area contributed by atoms with E-state index in [1.54, 1.807) is 18.9 Å². The molecule has 1 N–H and O–H groups in total. The number of aliphatic carboxylic acids is 1. The molecule has 0 saturated heterocycles. The fourth-order valence-corrected chi connectivity index (χ4v) is 2.63. The maximum Gasteiger partial charge on any atom is 0.307 e. The summed E-state index contributed by atoms with van der Waals surface area (Å²) in [5.41, 5.74) is 0.829. The number of ether oxygens (including phenoxy) is 1. The van der Waals surface area contributed by atoms with Crippen LogP contribution in [0.3, 0.4) is 0 Å². The van der Waals surface area contributed by atoms with Gasteiger partial charge in [0.1, 0.15) is 5.75 Å². The van der Waals surface area contributed by atoms with Crippen molar-refractivity contribution in [2.24, 2.45) is 0 Å². The highest BCUT2D eigenvalue weighted by Crippen LogP contribution is 2.31. The third-order valence-electron chi connectivity index (χ3n) is 2.60. The average molecular weight is 274 g/mol. The van der Waals surface area contributed by atoms with Gasteiger partial charge in [0, 0.05) is 9.79 Å². The molecule has 98 valence electrons. The third kappa shape index (κ3) is 3.76. The van der Waals surface area contributed by atoms with Crippen molar-refractivity contribution in [2.45, 2.75) is 16.2 Å². The molecule has 0 aliphatic rings. The minimum absolute atomic E-state index is 0.0410. The van der Waals surface area contributed by atoms with Crippen molar-refractivity contribution in [3.8, 4) is 5.75 Å². The molecule has 0 spiro atoms. The molecular formula is C15H14O3S. The topological polar surface area (TPSA) is 46.5 Å². The maximum atomic E-state index is 10.8. The zero-order valence-corrected chi connectivity index (χ0v) is 11.3. The monoisotopic (exact) mass is 274 g/mol. The summed E-state index contributed by atoms with van der Waals surface area (Å²) in [7, 11) is 1.63. The quantitative estimate of drug-likeness (QED) is 0.906. The summed E-state index contributed by atoms with van der Waals surface area (Å²) < 4.78 is 5.11. The van der Waals surface area contributed by atoms with Gasteiger partial charge in [-0.1, -0.05) is 30.0 Å². The normalized spacial score (nSPS) is 10.2. The summed E-state index contributed by atoms with van der Waals surface area (Å²) in [6.07, 6.45) is 0.0410. The molecule has 0 unspecified atom stereocenters. The van der Waals surface area contributed by atoms with Crippen LogP contribution in [-0.2, 0) is 11.2 Å². The molecule has 0 fully saturated rings. The molecule has 3 nitrogen and oxygen atoms in total. The Bertz CT molecular complexity index is 564. The van der Waals surface area contributed by atoms with Crippen LogP contribution >= 0.6 is 11.8 Å². The Labute approximate surface area is 116 Å². The largest absolute Gasteiger partial charge is 0.497 e. The number of hydrogen-bond acceptors (Lipinski definition) is 3. The fourth-order valence-electron chi connectivity index (χ4n) is 1.68. The van der Waals surface area contributed by atoms with Crippen LogP contribution in [0.5, 0.6) is 5.75 Å². The number of hydrogen-bond donors (Lipinski definition) is 1. The van der Waals surface area contributed by atoms with E-state index in [9.17, 15) is 4.79 Å². The number of carboxylic acids is 1. The molecule has 2 aromatic rings. The van der Waals surface area contributed by atoms with E-state index in [1.807, 2.05) is 48.5 Å². The number of rotatable bonds is 5. The fraction of sp³-hybridized carbons (Fsp3) is 0.133. The van der Waals surface area contributed by atoms with Gasteiger partial charge in [0.2, 0.25) is 0 Å². The lowest BCUT2D eigenvalue weighted by Crippen LogP contribution is -2.01. The Kier molecular flexibility index (Phi) is 4.47. The molecule has 19 heavy (non-hydrogen) atoms. The van der Waals surface area contributed by atoms with Crippen LogP contribution in [0.1, 0.15) is 5.56 Å². The Hall–Kier alpha value is -1.94. The highest BCUT2D eigenvalue weighted by molar-refractivity contribution is 7.99. The summed E-state index contributed by atoms with van der Waals surface area (Å²) in [5, 5.41) is 8.90. The first-order valence-electron chi connectivity index (χ1n) is 5.80. The van der Waals surface area contributed by atoms with Gasteiger partial charge in [0.05, 0.1) is 13.5 Å². The minimum Gasteiger partial charge on any atom is -0.497 e. The van der Waals surface area contributed by atoms with Gasteiger partial charge in [0.15, 0.2) is 0 Å². The molecule has 0 bridgehead atoms. The summed E-state index contributed by atoms with van der Waals surface area (Å²) in [6.45, 7) is 0. The highest BCUT2D eigenvalue weighted by Gasteiger charge is 2.07. The predicted molar refractivity (Wildman–Crippen MR) is 74.9 cm³/mol. The molecule has 4 heteroatoms. The molecule has 0 aliphatic heterocycles. The maximum absolute atomic E-state index is 10.8. The van der Waals surface area contributed by atoms with E-state index in [-0.39, 0.29) is 6.42 Å². The lowest BCUT2D eigenvalue weighted by atomic mass is 10.1. The van der Waals surface area contributed by atoms with Crippen molar-refractivity contribution in [3.63, 3.8) is 0 Å². The van der Waals surface area contributed by atoms with Crippen LogP contribution in [-0.4, -0.2) is 18.2 Å². The van der Waals surface area contributed by atoms with Crippen LogP contribution in [0.15, 0.2) is 58.3 Å². The second kappa shape index (κ2) is 6.29. The zero-order chi connectivity index (χ0) is 13.7. The first kappa shape index (κ1) is 13.5. The number of carbonyl (C=O) groups is 1. The van der Waals surface area contributed by atoms with Crippen molar-refractivity contribution in [1.29, 1.82) is 0 Å². The summed E-state index contributed by atoms with van der Waals surface area (Å²) in [6, 6.07) is 15.3. The van der Waals surface area contributed by atoms with Gasteiger partial charge in [-0.2, -0.15) is 0 Å². The first-order valence-corrected chi connectivity index (χ1v) is 6.62. The van der Waals surface area contributed by atoms with E-state index in [0.717, 1.165) is 21.1 Å². The van der Waals surface area contributed by atoms with Gasteiger partial charge < -0.3 is 9.84 Å². The van der Waals surface area contributed by atoms with E-state index in [1.165, 1.54) is 0 Å². The Morgan fingerprint density at radius 1 is 1.16 bits per heavy atom. The van der Waals surface area contributed by atoms with E-state index < -0.39 is 5.97 Å². The second-order valence-electron chi connectivity index (χ2n) is 3.96. The molecule has 0 aromatic heterocycles. The van der Waals surface area contributed by atoms with Crippen LogP contribution in [0.4, 0.5) is 0 Å². The van der Waals surface area contributed by atoms with E-state index in [0.29, 0.717) is 0 Å². The van der Waals surface area contributed by atoms with Gasteiger partial charge in [-0.05, 0) is 35.9 Å². The summed E-state index contributed by atoms with van der Waals surface area (Å²) >= 11 is 1.56. The van der Waals surface area contributed by atoms with Crippen molar-refractivity contribution in [1.82, 2.24) is 0 Å². The van der Waals surface area contributed by atoms with E-state index in [4.69, 9.17) is 9.84 Å². The highest BCUT2D eigenvalue weighted by atomic mass is 32.2. The molecule has 0 aliphatic carbocycles. The number of methoxy groups -OCH3 is 1. The van der Waals surface area contributed by atoms with Crippen molar-refractivity contribution < 1.29 is 14.6 Å². The van der Waals surface area contributed by atoms with Gasteiger partial charge in [0.25, 0.3) is 0 Å². The van der Waals surface area contributed by atoms with E-state index >= 15 is 0 Å². The van der Waals surface area contributed by atoms with Crippen molar-refractivity contribution in [2.75, 3.05) is 7.11 Å². The summed E-state index contributed by atoms with van der Waals surface area (Å²) in [4.78, 5) is 12.9. The van der Waals surface area contributed by atoms with Crippen molar-refractivity contribution in [3.05, 3.63) is 54.1 Å². The molecule has 0 radical (unpaired) electrons. The average Bonchev–Trinajstić information content (AvgIpc) is 2.41. The molecule has 2 rings (SSSR count). The Morgan fingerprint density at radius 3 is 2.47 bits per heavy atom. The number of carboxylic acid groups (broad SMARTS) is 1. The lowest BCUT2D eigenvalue weighted by Gasteiger charge is -2.07. The molecule has 0 heterocycles.